The fourth-order valence-corrected chi connectivity index (χ4v) is 2.35. The van der Waals surface area contributed by atoms with Crippen molar-refractivity contribution in [1.29, 1.82) is 0 Å². The third-order valence-corrected chi connectivity index (χ3v) is 3.03. The summed E-state index contributed by atoms with van der Waals surface area (Å²) < 4.78 is 0. The minimum atomic E-state index is 0.287. The van der Waals surface area contributed by atoms with Crippen LogP contribution in [-0.4, -0.2) is 5.78 Å². The Morgan fingerprint density at radius 3 is 3.21 bits per heavy atom. The molecule has 0 spiro atoms. The van der Waals surface area contributed by atoms with Gasteiger partial charge in [-0.3, -0.25) is 4.79 Å². The summed E-state index contributed by atoms with van der Waals surface area (Å²) in [4.78, 5) is 11.8. The van der Waals surface area contributed by atoms with E-state index in [4.69, 9.17) is 0 Å². The number of ketones is 1. The zero-order valence-electron chi connectivity index (χ0n) is 7.84. The van der Waals surface area contributed by atoms with Crippen LogP contribution in [0.5, 0.6) is 0 Å². The van der Waals surface area contributed by atoms with Gasteiger partial charge in [-0.1, -0.05) is 12.1 Å². The van der Waals surface area contributed by atoms with Crippen molar-refractivity contribution < 1.29 is 4.79 Å². The molecule has 2 N–H and O–H groups in total. The number of rotatable bonds is 0. The van der Waals surface area contributed by atoms with Crippen LogP contribution in [0.2, 0.25) is 0 Å². The van der Waals surface area contributed by atoms with E-state index in [1.165, 1.54) is 5.56 Å². The lowest BCUT2D eigenvalue weighted by Gasteiger charge is -2.07. The summed E-state index contributed by atoms with van der Waals surface area (Å²) in [5, 5.41) is 0. The van der Waals surface area contributed by atoms with Crippen LogP contribution in [0.15, 0.2) is 18.2 Å². The van der Waals surface area contributed by atoms with Crippen molar-refractivity contribution in [3.63, 3.8) is 0 Å². The smallest absolute Gasteiger partial charge is 0.163 e. The molecule has 1 aliphatic heterocycles. The Bertz CT molecular complexity index is 400. The third-order valence-electron chi connectivity index (χ3n) is 3.03. The van der Waals surface area contributed by atoms with Crippen molar-refractivity contribution in [1.82, 2.24) is 5.43 Å². The summed E-state index contributed by atoms with van der Waals surface area (Å²) in [6.07, 6.45) is 2.71. The fourth-order valence-electron chi connectivity index (χ4n) is 2.35. The van der Waals surface area contributed by atoms with E-state index < -0.39 is 0 Å². The second-order valence-corrected chi connectivity index (χ2v) is 3.90. The molecule has 1 aliphatic carbocycles. The van der Waals surface area contributed by atoms with Crippen LogP contribution < -0.4 is 10.9 Å². The molecular formula is C11H12N2O. The zero-order chi connectivity index (χ0) is 9.54. The quantitative estimate of drug-likeness (QED) is 0.654. The van der Waals surface area contributed by atoms with Gasteiger partial charge < -0.3 is 5.43 Å². The van der Waals surface area contributed by atoms with Crippen molar-refractivity contribution in [3.05, 3.63) is 29.3 Å². The molecule has 1 heterocycles. The van der Waals surface area contributed by atoms with E-state index in [1.54, 1.807) is 0 Å². The van der Waals surface area contributed by atoms with Crippen LogP contribution in [0.25, 0.3) is 0 Å². The lowest BCUT2D eigenvalue weighted by atomic mass is 9.98. The molecule has 3 nitrogen and oxygen atoms in total. The number of carbonyl (C=O) groups is 1. The Balaban J connectivity index is 2.23. The maximum atomic E-state index is 11.8. The van der Waals surface area contributed by atoms with Gasteiger partial charge in [-0.15, -0.1) is 0 Å². The second-order valence-electron chi connectivity index (χ2n) is 3.90. The first-order valence-electron chi connectivity index (χ1n) is 5.04. The highest BCUT2D eigenvalue weighted by Crippen LogP contribution is 2.37. The summed E-state index contributed by atoms with van der Waals surface area (Å²) in [6.45, 7) is 0. The van der Waals surface area contributed by atoms with Crippen LogP contribution in [0.3, 0.4) is 0 Å². The van der Waals surface area contributed by atoms with Gasteiger partial charge in [0.1, 0.15) is 0 Å². The number of anilines is 1. The topological polar surface area (TPSA) is 41.1 Å². The average molecular weight is 188 g/mol. The maximum absolute atomic E-state index is 11.8. The number of Topliss-reactive ketones (excluding diaryl/α,β-unsaturated/α-hetero) is 1. The van der Waals surface area contributed by atoms with Gasteiger partial charge in [-0.2, -0.15) is 0 Å². The largest absolute Gasteiger partial charge is 0.321 e. The van der Waals surface area contributed by atoms with Gasteiger partial charge in [0, 0.05) is 17.5 Å². The average Bonchev–Trinajstić information content (AvgIpc) is 2.53. The molecule has 0 saturated heterocycles. The van der Waals surface area contributed by atoms with Crippen LogP contribution in [-0.2, 0) is 0 Å². The minimum Gasteiger partial charge on any atom is -0.321 e. The van der Waals surface area contributed by atoms with E-state index in [0.29, 0.717) is 12.5 Å². The fraction of sp³-hybridized carbons (Fsp3) is 0.364. The standard InChI is InChI=1S/C11H12N2O/c14-10-6-2-5-9-11-7(10)3-1-4-8(11)12-13-9/h1,3-4,9,12-13H,2,5-6H2. The number of benzene rings is 1. The van der Waals surface area contributed by atoms with E-state index >= 15 is 0 Å². The summed E-state index contributed by atoms with van der Waals surface area (Å²) in [6, 6.07) is 6.22. The van der Waals surface area contributed by atoms with Gasteiger partial charge in [0.25, 0.3) is 0 Å². The molecule has 0 amide bonds. The maximum Gasteiger partial charge on any atom is 0.163 e. The van der Waals surface area contributed by atoms with E-state index in [2.05, 4.69) is 10.9 Å². The molecule has 3 heteroatoms. The predicted octanol–water partition coefficient (Wildman–Crippen LogP) is 2.02. The Morgan fingerprint density at radius 2 is 2.29 bits per heavy atom. The molecule has 0 fully saturated rings. The van der Waals surface area contributed by atoms with Crippen molar-refractivity contribution in [3.8, 4) is 0 Å². The minimum absolute atomic E-state index is 0.287. The van der Waals surface area contributed by atoms with Crippen LogP contribution >= 0.6 is 0 Å². The van der Waals surface area contributed by atoms with Crippen molar-refractivity contribution >= 4 is 11.5 Å². The van der Waals surface area contributed by atoms with E-state index in [0.717, 1.165) is 24.1 Å². The highest BCUT2D eigenvalue weighted by Gasteiger charge is 2.29. The number of hydrogen-bond donors (Lipinski definition) is 2. The molecule has 1 aromatic rings. The Kier molecular flexibility index (Phi) is 1.61. The summed E-state index contributed by atoms with van der Waals surface area (Å²) >= 11 is 0. The summed E-state index contributed by atoms with van der Waals surface area (Å²) in [7, 11) is 0. The zero-order valence-corrected chi connectivity index (χ0v) is 7.84. The van der Waals surface area contributed by atoms with Crippen molar-refractivity contribution in [2.24, 2.45) is 0 Å². The second kappa shape index (κ2) is 2.82. The lowest BCUT2D eigenvalue weighted by Crippen LogP contribution is -2.18. The van der Waals surface area contributed by atoms with Crippen LogP contribution in [0.1, 0.15) is 41.2 Å². The van der Waals surface area contributed by atoms with Crippen LogP contribution in [0.4, 0.5) is 5.69 Å². The predicted molar refractivity (Wildman–Crippen MR) is 54.1 cm³/mol. The van der Waals surface area contributed by atoms with Gasteiger partial charge in [0.05, 0.1) is 11.7 Å². The molecule has 3 rings (SSSR count). The van der Waals surface area contributed by atoms with Gasteiger partial charge in [0.2, 0.25) is 0 Å². The number of nitrogens with one attached hydrogen (secondary N) is 2. The first-order valence-corrected chi connectivity index (χ1v) is 5.04. The van der Waals surface area contributed by atoms with Gasteiger partial charge >= 0.3 is 0 Å². The molecule has 0 aromatic heterocycles. The molecule has 1 unspecified atom stereocenters. The van der Waals surface area contributed by atoms with Crippen molar-refractivity contribution in [2.45, 2.75) is 25.3 Å². The molecule has 0 radical (unpaired) electrons. The monoisotopic (exact) mass is 188 g/mol. The lowest BCUT2D eigenvalue weighted by molar-refractivity contribution is 0.0982. The number of hydrogen-bond acceptors (Lipinski definition) is 3. The van der Waals surface area contributed by atoms with E-state index in [-0.39, 0.29) is 5.78 Å². The molecule has 2 aliphatic rings. The van der Waals surface area contributed by atoms with Crippen LogP contribution in [0, 0.1) is 0 Å². The number of carbonyl (C=O) groups excluding carboxylic acids is 1. The first-order chi connectivity index (χ1) is 6.86. The normalized spacial score (nSPS) is 24.0. The summed E-state index contributed by atoms with van der Waals surface area (Å²) in [5.41, 5.74) is 9.50. The molecule has 1 atom stereocenters. The molecule has 1 aromatic carbocycles. The first kappa shape index (κ1) is 8.00. The Morgan fingerprint density at radius 1 is 1.36 bits per heavy atom. The van der Waals surface area contributed by atoms with E-state index in [1.807, 2.05) is 18.2 Å². The molecule has 14 heavy (non-hydrogen) atoms. The highest BCUT2D eigenvalue weighted by molar-refractivity contribution is 5.99. The van der Waals surface area contributed by atoms with Crippen molar-refractivity contribution in [2.75, 3.05) is 5.43 Å². The SMILES string of the molecule is O=C1CCCC2NNc3cccc1c32. The molecular weight excluding hydrogens is 176 g/mol. The number of hydrazine groups is 1. The summed E-state index contributed by atoms with van der Waals surface area (Å²) in [5.74, 6) is 0.287. The van der Waals surface area contributed by atoms with Gasteiger partial charge in [-0.05, 0) is 18.9 Å². The molecule has 0 bridgehead atoms. The Labute approximate surface area is 82.5 Å². The third kappa shape index (κ3) is 0.990. The molecule has 0 saturated carbocycles. The molecule has 72 valence electrons. The van der Waals surface area contributed by atoms with Gasteiger partial charge in [-0.25, -0.2) is 5.43 Å². The van der Waals surface area contributed by atoms with E-state index in [9.17, 15) is 4.79 Å². The highest BCUT2D eigenvalue weighted by atomic mass is 16.1. The van der Waals surface area contributed by atoms with Gasteiger partial charge in [0.15, 0.2) is 5.78 Å². The Hall–Kier alpha value is -1.35.